The zero-order valence-corrected chi connectivity index (χ0v) is 18.1. The minimum absolute atomic E-state index is 0.0823. The summed E-state index contributed by atoms with van der Waals surface area (Å²) in [6, 6.07) is 16.1. The van der Waals surface area contributed by atoms with E-state index in [0.29, 0.717) is 33.3 Å². The van der Waals surface area contributed by atoms with E-state index in [4.69, 9.17) is 4.74 Å². The van der Waals surface area contributed by atoms with Crippen molar-refractivity contribution < 1.29 is 9.53 Å². The zero-order chi connectivity index (χ0) is 22.0. The van der Waals surface area contributed by atoms with Crippen LogP contribution in [-0.2, 0) is 11.8 Å². The van der Waals surface area contributed by atoms with Gasteiger partial charge in [-0.05, 0) is 31.2 Å². The van der Waals surface area contributed by atoms with E-state index >= 15 is 0 Å². The second kappa shape index (κ2) is 8.65. The lowest BCUT2D eigenvalue weighted by Gasteiger charge is -2.14. The van der Waals surface area contributed by atoms with Crippen molar-refractivity contribution >= 4 is 34.4 Å². The van der Waals surface area contributed by atoms with Crippen LogP contribution in [0.2, 0.25) is 0 Å². The molecule has 1 amide bonds. The van der Waals surface area contributed by atoms with E-state index in [1.54, 1.807) is 55.2 Å². The highest BCUT2D eigenvalue weighted by Crippen LogP contribution is 2.24. The SMILES string of the molecule is COc1cccc(-n2c(SCC(=O)Nc3cc(C)nn3C)nc3ccccc3c2=O)c1. The van der Waals surface area contributed by atoms with E-state index < -0.39 is 0 Å². The molecule has 0 spiro atoms. The number of nitrogens with one attached hydrogen (secondary N) is 1. The van der Waals surface area contributed by atoms with E-state index in [1.807, 2.05) is 25.1 Å². The predicted octanol–water partition coefficient (Wildman–Crippen LogP) is 3.17. The number of amides is 1. The number of carbonyl (C=O) groups excluding carboxylic acids is 1. The van der Waals surface area contributed by atoms with Crippen LogP contribution < -0.4 is 15.6 Å². The van der Waals surface area contributed by atoms with Crippen molar-refractivity contribution in [3.63, 3.8) is 0 Å². The summed E-state index contributed by atoms with van der Waals surface area (Å²) in [4.78, 5) is 30.5. The van der Waals surface area contributed by atoms with Crippen molar-refractivity contribution in [2.45, 2.75) is 12.1 Å². The highest BCUT2D eigenvalue weighted by Gasteiger charge is 2.16. The minimum atomic E-state index is -0.215. The van der Waals surface area contributed by atoms with Gasteiger partial charge in [0, 0.05) is 19.2 Å². The van der Waals surface area contributed by atoms with Crippen molar-refractivity contribution in [1.29, 1.82) is 0 Å². The molecule has 0 aliphatic heterocycles. The largest absolute Gasteiger partial charge is 0.497 e. The first kappa shape index (κ1) is 20.7. The van der Waals surface area contributed by atoms with E-state index in [1.165, 1.54) is 16.3 Å². The molecule has 2 aromatic carbocycles. The molecule has 1 N–H and O–H groups in total. The number of thioether (sulfide) groups is 1. The number of aromatic nitrogens is 4. The summed E-state index contributed by atoms with van der Waals surface area (Å²) in [5.41, 5.74) is 1.81. The van der Waals surface area contributed by atoms with E-state index in [-0.39, 0.29) is 17.2 Å². The highest BCUT2D eigenvalue weighted by atomic mass is 32.2. The molecule has 0 bridgehead atoms. The Hall–Kier alpha value is -3.59. The molecule has 158 valence electrons. The van der Waals surface area contributed by atoms with Gasteiger partial charge in [0.05, 0.1) is 35.1 Å². The Kier molecular flexibility index (Phi) is 5.77. The van der Waals surface area contributed by atoms with Crippen LogP contribution in [0.4, 0.5) is 5.82 Å². The van der Waals surface area contributed by atoms with Crippen LogP contribution in [0.25, 0.3) is 16.6 Å². The van der Waals surface area contributed by atoms with Crippen molar-refractivity contribution in [3.05, 3.63) is 70.6 Å². The number of rotatable bonds is 6. The van der Waals surface area contributed by atoms with E-state index in [9.17, 15) is 9.59 Å². The molecule has 31 heavy (non-hydrogen) atoms. The molecule has 0 saturated heterocycles. The monoisotopic (exact) mass is 435 g/mol. The molecule has 2 aromatic heterocycles. The van der Waals surface area contributed by atoms with Gasteiger partial charge >= 0.3 is 0 Å². The third kappa shape index (κ3) is 4.31. The van der Waals surface area contributed by atoms with Crippen LogP contribution in [0.1, 0.15) is 5.69 Å². The number of methoxy groups -OCH3 is 1. The Morgan fingerprint density at radius 3 is 2.71 bits per heavy atom. The maximum Gasteiger partial charge on any atom is 0.266 e. The lowest BCUT2D eigenvalue weighted by molar-refractivity contribution is -0.113. The Morgan fingerprint density at radius 1 is 1.16 bits per heavy atom. The van der Waals surface area contributed by atoms with Gasteiger partial charge in [-0.3, -0.25) is 18.8 Å². The molecule has 8 nitrogen and oxygen atoms in total. The molecular formula is C22H21N5O3S. The van der Waals surface area contributed by atoms with Crippen LogP contribution in [0.5, 0.6) is 5.75 Å². The minimum Gasteiger partial charge on any atom is -0.497 e. The quantitative estimate of drug-likeness (QED) is 0.370. The molecular weight excluding hydrogens is 414 g/mol. The number of hydrogen-bond donors (Lipinski definition) is 1. The molecule has 0 atom stereocenters. The second-order valence-corrected chi connectivity index (χ2v) is 7.83. The summed E-state index contributed by atoms with van der Waals surface area (Å²) < 4.78 is 8.43. The number of nitrogens with zero attached hydrogens (tertiary/aromatic N) is 4. The van der Waals surface area contributed by atoms with Gasteiger partial charge < -0.3 is 10.1 Å². The predicted molar refractivity (Wildman–Crippen MR) is 121 cm³/mol. The lowest BCUT2D eigenvalue weighted by Crippen LogP contribution is -2.23. The second-order valence-electron chi connectivity index (χ2n) is 6.88. The Bertz CT molecular complexity index is 1330. The lowest BCUT2D eigenvalue weighted by atomic mass is 10.2. The summed E-state index contributed by atoms with van der Waals surface area (Å²) >= 11 is 1.19. The number of fused-ring (bicyclic) bond motifs is 1. The van der Waals surface area contributed by atoms with Crippen LogP contribution in [0.15, 0.2) is 64.5 Å². The summed E-state index contributed by atoms with van der Waals surface area (Å²) in [6.07, 6.45) is 0. The molecule has 0 saturated carbocycles. The normalized spacial score (nSPS) is 10.9. The van der Waals surface area contributed by atoms with Crippen molar-refractivity contribution in [1.82, 2.24) is 19.3 Å². The van der Waals surface area contributed by atoms with Gasteiger partial charge in [-0.25, -0.2) is 4.98 Å². The smallest absolute Gasteiger partial charge is 0.266 e. The molecule has 0 aliphatic carbocycles. The standard InChI is InChI=1S/C22H21N5O3S/c1-14-11-19(26(2)25-14)24-20(28)13-31-22-23-18-10-5-4-9-17(18)21(29)27(22)15-7-6-8-16(12-15)30-3/h4-12H,13H2,1-3H3,(H,24,28). The Labute approximate surface area is 182 Å². The van der Waals surface area contributed by atoms with Crippen molar-refractivity contribution in [2.75, 3.05) is 18.2 Å². The summed E-state index contributed by atoms with van der Waals surface area (Å²) in [5, 5.41) is 7.99. The molecule has 0 radical (unpaired) electrons. The molecule has 2 heterocycles. The van der Waals surface area contributed by atoms with Gasteiger partial charge in [-0.15, -0.1) is 0 Å². The van der Waals surface area contributed by atoms with Crippen molar-refractivity contribution in [3.8, 4) is 11.4 Å². The fourth-order valence-electron chi connectivity index (χ4n) is 3.22. The van der Waals surface area contributed by atoms with Gasteiger partial charge in [0.25, 0.3) is 5.56 Å². The summed E-state index contributed by atoms with van der Waals surface area (Å²) in [6.45, 7) is 1.86. The van der Waals surface area contributed by atoms with Gasteiger partial charge in [0.2, 0.25) is 5.91 Å². The zero-order valence-electron chi connectivity index (χ0n) is 17.3. The average Bonchev–Trinajstić information content (AvgIpc) is 3.08. The van der Waals surface area contributed by atoms with Gasteiger partial charge in [-0.2, -0.15) is 5.10 Å². The number of benzene rings is 2. The first-order chi connectivity index (χ1) is 15.0. The first-order valence-electron chi connectivity index (χ1n) is 9.56. The highest BCUT2D eigenvalue weighted by molar-refractivity contribution is 7.99. The molecule has 4 aromatic rings. The molecule has 0 unspecified atom stereocenters. The first-order valence-corrected chi connectivity index (χ1v) is 10.5. The van der Waals surface area contributed by atoms with Crippen LogP contribution in [0.3, 0.4) is 0 Å². The van der Waals surface area contributed by atoms with E-state index in [0.717, 1.165) is 5.69 Å². The van der Waals surface area contributed by atoms with Gasteiger partial charge in [-0.1, -0.05) is 30.0 Å². The summed E-state index contributed by atoms with van der Waals surface area (Å²) in [5.74, 6) is 1.10. The molecule has 0 aliphatic rings. The van der Waals surface area contributed by atoms with Crippen LogP contribution >= 0.6 is 11.8 Å². The van der Waals surface area contributed by atoms with E-state index in [2.05, 4.69) is 15.4 Å². The van der Waals surface area contributed by atoms with Gasteiger partial charge in [0.15, 0.2) is 5.16 Å². The fraction of sp³-hybridized carbons (Fsp3) is 0.182. The maximum atomic E-state index is 13.3. The summed E-state index contributed by atoms with van der Waals surface area (Å²) in [7, 11) is 3.34. The maximum absolute atomic E-state index is 13.3. The number of anilines is 1. The number of para-hydroxylation sites is 1. The number of hydrogen-bond acceptors (Lipinski definition) is 6. The average molecular weight is 436 g/mol. The Balaban J connectivity index is 1.69. The number of aryl methyl sites for hydroxylation is 2. The van der Waals surface area contributed by atoms with Crippen molar-refractivity contribution in [2.24, 2.45) is 7.05 Å². The number of carbonyl (C=O) groups is 1. The molecule has 9 heteroatoms. The number of ether oxygens (including phenoxy) is 1. The molecule has 4 rings (SSSR count). The Morgan fingerprint density at radius 2 is 1.97 bits per heavy atom. The van der Waals surface area contributed by atoms with Crippen LogP contribution in [0, 0.1) is 6.92 Å². The van der Waals surface area contributed by atoms with Gasteiger partial charge in [0.1, 0.15) is 11.6 Å². The fourth-order valence-corrected chi connectivity index (χ4v) is 4.04. The topological polar surface area (TPSA) is 91.0 Å². The molecule has 0 fully saturated rings. The third-order valence-electron chi connectivity index (χ3n) is 4.66. The third-order valence-corrected chi connectivity index (χ3v) is 5.60. The van der Waals surface area contributed by atoms with Crippen LogP contribution in [-0.4, -0.2) is 38.1 Å².